The maximum atomic E-state index is 13.4. The van der Waals surface area contributed by atoms with Crippen LogP contribution in [0.3, 0.4) is 0 Å². The molecule has 2 aromatic carbocycles. The maximum Gasteiger partial charge on any atom is 0.222 e. The number of halogens is 2. The Balaban J connectivity index is 0.000000167. The van der Waals surface area contributed by atoms with Gasteiger partial charge in [-0.15, -0.1) is 0 Å². The number of likely N-dealkylation sites (tertiary alicyclic amines) is 2. The Morgan fingerprint density at radius 1 is 0.537 bits per heavy atom. The highest BCUT2D eigenvalue weighted by atomic mass is 19.1. The van der Waals surface area contributed by atoms with Crippen LogP contribution in [0.4, 0.5) is 20.7 Å². The van der Waals surface area contributed by atoms with Crippen molar-refractivity contribution in [3.63, 3.8) is 0 Å². The molecule has 12 nitrogen and oxygen atoms in total. The van der Waals surface area contributed by atoms with Crippen LogP contribution in [0.1, 0.15) is 37.8 Å². The van der Waals surface area contributed by atoms with Gasteiger partial charge >= 0.3 is 0 Å². The molecule has 2 saturated heterocycles. The quantitative estimate of drug-likeness (QED) is 0.171. The molecule has 0 atom stereocenters. The Hall–Kier alpha value is -5.60. The van der Waals surface area contributed by atoms with E-state index in [2.05, 4.69) is 73.6 Å². The molecule has 0 spiro atoms. The first-order valence-corrected chi connectivity index (χ1v) is 18.4. The minimum absolute atomic E-state index is 0.255. The van der Waals surface area contributed by atoms with E-state index < -0.39 is 0 Å². The number of benzene rings is 2. The van der Waals surface area contributed by atoms with Gasteiger partial charge in [-0.3, -0.25) is 0 Å². The van der Waals surface area contributed by atoms with Gasteiger partial charge in [-0.05, 0) is 127 Å². The molecule has 2 aliphatic rings. The molecule has 0 aliphatic carbocycles. The van der Waals surface area contributed by atoms with E-state index >= 15 is 0 Å². The Morgan fingerprint density at radius 3 is 1.26 bits per heavy atom. The monoisotopic (exact) mass is 732 g/mol. The maximum absolute atomic E-state index is 13.4. The van der Waals surface area contributed by atoms with Crippen LogP contribution in [-0.4, -0.2) is 103 Å². The van der Waals surface area contributed by atoms with Crippen LogP contribution in [-0.2, 0) is 0 Å². The van der Waals surface area contributed by atoms with Crippen molar-refractivity contribution in [2.24, 2.45) is 0 Å². The van der Waals surface area contributed by atoms with Gasteiger partial charge in [0, 0.05) is 49.7 Å². The summed E-state index contributed by atoms with van der Waals surface area (Å²) in [6, 6.07) is 17.4. The van der Waals surface area contributed by atoms with Crippen LogP contribution in [0.2, 0.25) is 0 Å². The summed E-state index contributed by atoms with van der Waals surface area (Å²) in [5, 5.41) is 5.99. The predicted molar refractivity (Wildman–Crippen MR) is 208 cm³/mol. The molecule has 6 aromatic rings. The highest BCUT2D eigenvalue weighted by Crippen LogP contribution is 2.37. The van der Waals surface area contributed by atoms with E-state index in [1.54, 1.807) is 50.8 Å². The molecule has 2 N–H and O–H groups in total. The summed E-state index contributed by atoms with van der Waals surface area (Å²) in [6.45, 7) is 4.22. The molecule has 2 fully saturated rings. The fraction of sp³-hybridized carbons (Fsp3) is 0.350. The van der Waals surface area contributed by atoms with Crippen LogP contribution in [0, 0.1) is 11.6 Å². The Morgan fingerprint density at radius 2 is 0.907 bits per heavy atom. The molecule has 0 unspecified atom stereocenters. The Labute approximate surface area is 314 Å². The second-order valence-electron chi connectivity index (χ2n) is 13.8. The van der Waals surface area contributed by atoms with E-state index in [0.29, 0.717) is 24.0 Å². The minimum Gasteiger partial charge on any atom is -0.357 e. The molecule has 4 aromatic heterocycles. The number of anilines is 2. The minimum atomic E-state index is -0.255. The van der Waals surface area contributed by atoms with E-state index in [4.69, 9.17) is 0 Å². The summed E-state index contributed by atoms with van der Waals surface area (Å²) in [4.78, 5) is 31.8. The van der Waals surface area contributed by atoms with Gasteiger partial charge in [-0.2, -0.15) is 0 Å². The van der Waals surface area contributed by atoms with E-state index in [-0.39, 0.29) is 11.6 Å². The van der Waals surface area contributed by atoms with Crippen LogP contribution in [0.15, 0.2) is 85.7 Å². The van der Waals surface area contributed by atoms with Crippen molar-refractivity contribution >= 4 is 11.9 Å². The van der Waals surface area contributed by atoms with Crippen LogP contribution >= 0.6 is 0 Å². The molecule has 0 amide bonds. The number of aromatic nitrogens is 8. The summed E-state index contributed by atoms with van der Waals surface area (Å²) in [5.74, 6) is 0.617. The van der Waals surface area contributed by atoms with Gasteiger partial charge in [-0.25, -0.2) is 38.7 Å². The first kappa shape index (κ1) is 36.7. The number of piperidine rings is 2. The lowest BCUT2D eigenvalue weighted by molar-refractivity contribution is 0.222. The van der Waals surface area contributed by atoms with Crippen molar-refractivity contribution in [2.45, 2.75) is 37.8 Å². The third kappa shape index (κ3) is 8.14. The highest BCUT2D eigenvalue weighted by Gasteiger charge is 2.26. The van der Waals surface area contributed by atoms with Crippen LogP contribution in [0.25, 0.3) is 45.3 Å². The predicted octanol–water partition coefficient (Wildman–Crippen LogP) is 6.91. The molecular weight excluding hydrogens is 687 g/mol. The normalized spacial score (nSPS) is 15.8. The van der Waals surface area contributed by atoms with Crippen LogP contribution < -0.4 is 10.6 Å². The van der Waals surface area contributed by atoms with Crippen molar-refractivity contribution in [2.75, 3.05) is 65.0 Å². The van der Waals surface area contributed by atoms with E-state index in [0.717, 1.165) is 97.2 Å². The Kier molecular flexibility index (Phi) is 11.3. The van der Waals surface area contributed by atoms with E-state index in [1.807, 2.05) is 24.8 Å². The SMILES string of the molecule is CNc1nccc(-c2c(-c3ccc(F)cc3)ncn2C2CCN(C)CC2)n1.CNc1nccc(-c2c(-c3ccc(F)cc3)ncn2C2CCN(C)CC2)n1. The lowest BCUT2D eigenvalue weighted by Gasteiger charge is -2.30. The molecule has 8 rings (SSSR count). The average molecular weight is 733 g/mol. The fourth-order valence-electron chi connectivity index (χ4n) is 7.19. The molecule has 6 heterocycles. The lowest BCUT2D eigenvalue weighted by Crippen LogP contribution is -2.31. The number of imidazole rings is 2. The van der Waals surface area contributed by atoms with Gasteiger partial charge in [0.2, 0.25) is 11.9 Å². The Bertz CT molecular complexity index is 1980. The first-order chi connectivity index (χ1) is 26.3. The third-order valence-electron chi connectivity index (χ3n) is 10.2. The summed E-state index contributed by atoms with van der Waals surface area (Å²) in [7, 11) is 7.90. The molecule has 0 saturated carbocycles. The molecular formula is C40H46F2N12. The second-order valence-corrected chi connectivity index (χ2v) is 13.8. The van der Waals surface area contributed by atoms with Gasteiger partial charge in [0.05, 0.1) is 46.8 Å². The summed E-state index contributed by atoms with van der Waals surface area (Å²) >= 11 is 0. The standard InChI is InChI=1S/2C20H23FN6/c2*1-22-20-23-10-7-17(25-20)19-18(14-3-5-15(21)6-4-14)24-13-27(19)16-8-11-26(2)12-9-16/h2*3-7,10,13,16H,8-9,11-12H2,1-2H3,(H,22,23,25). The van der Waals surface area contributed by atoms with Crippen LogP contribution in [0.5, 0.6) is 0 Å². The van der Waals surface area contributed by atoms with Gasteiger partial charge in [0.15, 0.2) is 0 Å². The number of nitrogens with zero attached hydrogens (tertiary/aromatic N) is 10. The first-order valence-electron chi connectivity index (χ1n) is 18.4. The fourth-order valence-corrected chi connectivity index (χ4v) is 7.19. The largest absolute Gasteiger partial charge is 0.357 e. The highest BCUT2D eigenvalue weighted by molar-refractivity contribution is 5.78. The number of nitrogens with one attached hydrogen (secondary N) is 2. The van der Waals surface area contributed by atoms with Crippen molar-refractivity contribution in [1.82, 2.24) is 48.8 Å². The molecule has 280 valence electrons. The van der Waals surface area contributed by atoms with Gasteiger partial charge < -0.3 is 29.6 Å². The summed E-state index contributed by atoms with van der Waals surface area (Å²) in [6.07, 6.45) is 11.5. The van der Waals surface area contributed by atoms with E-state index in [1.165, 1.54) is 24.3 Å². The lowest BCUT2D eigenvalue weighted by atomic mass is 10.0. The zero-order chi connectivity index (χ0) is 37.6. The second kappa shape index (κ2) is 16.6. The van der Waals surface area contributed by atoms with Crippen molar-refractivity contribution < 1.29 is 8.78 Å². The summed E-state index contributed by atoms with van der Waals surface area (Å²) in [5.41, 5.74) is 6.91. The number of hydrogen-bond acceptors (Lipinski definition) is 10. The zero-order valence-electron chi connectivity index (χ0n) is 31.1. The molecule has 0 radical (unpaired) electrons. The average Bonchev–Trinajstić information content (AvgIpc) is 3.85. The number of hydrogen-bond donors (Lipinski definition) is 2. The number of rotatable bonds is 8. The van der Waals surface area contributed by atoms with Gasteiger partial charge in [0.1, 0.15) is 11.6 Å². The van der Waals surface area contributed by atoms with E-state index in [9.17, 15) is 8.78 Å². The summed E-state index contributed by atoms with van der Waals surface area (Å²) < 4.78 is 31.3. The molecule has 14 heteroatoms. The topological polar surface area (TPSA) is 118 Å². The zero-order valence-corrected chi connectivity index (χ0v) is 31.1. The van der Waals surface area contributed by atoms with Crippen molar-refractivity contribution in [3.8, 4) is 45.3 Å². The van der Waals surface area contributed by atoms with Crippen molar-refractivity contribution in [1.29, 1.82) is 0 Å². The molecule has 0 bridgehead atoms. The van der Waals surface area contributed by atoms with Gasteiger partial charge in [-0.1, -0.05) is 0 Å². The van der Waals surface area contributed by atoms with Gasteiger partial charge in [0.25, 0.3) is 0 Å². The third-order valence-corrected chi connectivity index (χ3v) is 10.2. The smallest absolute Gasteiger partial charge is 0.222 e. The van der Waals surface area contributed by atoms with Crippen molar-refractivity contribution in [3.05, 3.63) is 97.3 Å². The molecule has 54 heavy (non-hydrogen) atoms. The molecule has 2 aliphatic heterocycles.